The van der Waals surface area contributed by atoms with E-state index in [0.717, 1.165) is 17.9 Å². The van der Waals surface area contributed by atoms with Gasteiger partial charge in [-0.3, -0.25) is 19.6 Å². The summed E-state index contributed by atoms with van der Waals surface area (Å²) in [4.78, 5) is 23.4. The van der Waals surface area contributed by atoms with Crippen molar-refractivity contribution in [2.24, 2.45) is 0 Å². The van der Waals surface area contributed by atoms with Crippen molar-refractivity contribution in [1.82, 2.24) is 0 Å². The average molecular weight is 441 g/mol. The van der Waals surface area contributed by atoms with Gasteiger partial charge in [0.05, 0.1) is 29.4 Å². The quantitative estimate of drug-likeness (QED) is 0.403. The fourth-order valence-electron chi connectivity index (χ4n) is 2.78. The molecule has 0 aliphatic carbocycles. The largest absolute Gasteiger partial charge is 0.455 e. The van der Waals surface area contributed by atoms with Crippen LogP contribution in [-0.4, -0.2) is 25.5 Å². The van der Waals surface area contributed by atoms with Gasteiger partial charge in [0.25, 0.3) is 5.69 Å². The minimum atomic E-state index is -3.73. The standard InChI is InChI=1S/C21H19N3O6S/c1-31(28,29)23-18-13-17(22-21(25)12-15-8-4-2-5-9-15)19(24(26)27)14-20(18)30-16-10-6-3-7-11-16/h2-11,13-14,23H,12H2,1H3,(H,22,25). The number of nitro benzene ring substituents is 1. The van der Waals surface area contributed by atoms with Gasteiger partial charge in [0.1, 0.15) is 11.4 Å². The first-order chi connectivity index (χ1) is 14.7. The molecule has 3 aromatic carbocycles. The van der Waals surface area contributed by atoms with Crippen molar-refractivity contribution in [3.05, 3.63) is 88.5 Å². The van der Waals surface area contributed by atoms with Gasteiger partial charge < -0.3 is 10.1 Å². The average Bonchev–Trinajstić information content (AvgIpc) is 2.70. The number of nitrogens with one attached hydrogen (secondary N) is 2. The first-order valence-electron chi connectivity index (χ1n) is 9.08. The highest BCUT2D eigenvalue weighted by atomic mass is 32.2. The molecule has 0 atom stereocenters. The van der Waals surface area contributed by atoms with Crippen molar-refractivity contribution < 1.29 is 22.9 Å². The van der Waals surface area contributed by atoms with Crippen LogP contribution < -0.4 is 14.8 Å². The van der Waals surface area contributed by atoms with E-state index >= 15 is 0 Å². The predicted molar refractivity (Wildman–Crippen MR) is 117 cm³/mol. The van der Waals surface area contributed by atoms with E-state index < -0.39 is 26.5 Å². The topological polar surface area (TPSA) is 128 Å². The molecule has 0 fully saturated rings. The third-order valence-electron chi connectivity index (χ3n) is 4.04. The van der Waals surface area contributed by atoms with Crippen molar-refractivity contribution >= 4 is 33.0 Å². The summed E-state index contributed by atoms with van der Waals surface area (Å²) in [5.74, 6) is -0.213. The molecule has 0 radical (unpaired) electrons. The molecule has 0 saturated heterocycles. The van der Waals surface area contributed by atoms with E-state index in [1.54, 1.807) is 60.7 Å². The zero-order valence-electron chi connectivity index (χ0n) is 16.4. The Hall–Kier alpha value is -3.92. The summed E-state index contributed by atoms with van der Waals surface area (Å²) in [6, 6.07) is 19.5. The molecule has 0 spiro atoms. The van der Waals surface area contributed by atoms with Gasteiger partial charge in [-0.05, 0) is 23.8 Å². The number of para-hydroxylation sites is 1. The summed E-state index contributed by atoms with van der Waals surface area (Å²) >= 11 is 0. The van der Waals surface area contributed by atoms with Crippen LogP contribution in [0.4, 0.5) is 17.1 Å². The van der Waals surface area contributed by atoms with Gasteiger partial charge in [0.15, 0.2) is 5.75 Å². The molecular formula is C21H19N3O6S. The van der Waals surface area contributed by atoms with E-state index in [0.29, 0.717) is 5.75 Å². The smallest absolute Gasteiger partial charge is 0.296 e. The van der Waals surface area contributed by atoms with E-state index in [-0.39, 0.29) is 23.5 Å². The highest BCUT2D eigenvalue weighted by Gasteiger charge is 2.23. The van der Waals surface area contributed by atoms with Crippen molar-refractivity contribution in [3.63, 3.8) is 0 Å². The Morgan fingerprint density at radius 3 is 2.19 bits per heavy atom. The number of benzene rings is 3. The lowest BCUT2D eigenvalue weighted by molar-refractivity contribution is -0.384. The van der Waals surface area contributed by atoms with Crippen LogP contribution in [0.2, 0.25) is 0 Å². The van der Waals surface area contributed by atoms with Crippen molar-refractivity contribution in [3.8, 4) is 11.5 Å². The van der Waals surface area contributed by atoms with Crippen LogP contribution in [0.5, 0.6) is 11.5 Å². The third kappa shape index (κ3) is 6.28. The Morgan fingerprint density at radius 1 is 1.00 bits per heavy atom. The van der Waals surface area contributed by atoms with Gasteiger partial charge in [0.2, 0.25) is 15.9 Å². The number of sulfonamides is 1. The van der Waals surface area contributed by atoms with Gasteiger partial charge in [0, 0.05) is 0 Å². The highest BCUT2D eigenvalue weighted by molar-refractivity contribution is 7.92. The van der Waals surface area contributed by atoms with Gasteiger partial charge in [-0.15, -0.1) is 0 Å². The SMILES string of the molecule is CS(=O)(=O)Nc1cc(NC(=O)Cc2ccccc2)c([N+](=O)[O-])cc1Oc1ccccc1. The molecule has 3 rings (SSSR count). The second-order valence-corrected chi connectivity index (χ2v) is 8.37. The predicted octanol–water partition coefficient (Wildman–Crippen LogP) is 3.94. The lowest BCUT2D eigenvalue weighted by atomic mass is 10.1. The van der Waals surface area contributed by atoms with Crippen LogP contribution in [0.15, 0.2) is 72.8 Å². The molecule has 0 saturated carbocycles. The molecule has 2 N–H and O–H groups in total. The maximum Gasteiger partial charge on any atom is 0.296 e. The molecule has 0 aromatic heterocycles. The molecule has 0 heterocycles. The highest BCUT2D eigenvalue weighted by Crippen LogP contribution is 2.39. The fourth-order valence-corrected chi connectivity index (χ4v) is 3.33. The molecule has 0 aliphatic rings. The maximum absolute atomic E-state index is 12.4. The second-order valence-electron chi connectivity index (χ2n) is 6.62. The summed E-state index contributed by atoms with van der Waals surface area (Å²) in [6.45, 7) is 0. The number of hydrogen-bond donors (Lipinski definition) is 2. The Balaban J connectivity index is 1.98. The molecule has 10 heteroatoms. The molecule has 160 valence electrons. The monoisotopic (exact) mass is 441 g/mol. The number of ether oxygens (including phenoxy) is 1. The maximum atomic E-state index is 12.4. The molecule has 0 unspecified atom stereocenters. The molecule has 0 aliphatic heterocycles. The van der Waals surface area contributed by atoms with E-state index in [4.69, 9.17) is 4.74 Å². The summed E-state index contributed by atoms with van der Waals surface area (Å²) in [6.07, 6.45) is 0.934. The number of hydrogen-bond acceptors (Lipinski definition) is 6. The molecule has 1 amide bonds. The molecule has 0 bridgehead atoms. The van der Waals surface area contributed by atoms with Crippen LogP contribution in [0.25, 0.3) is 0 Å². The minimum Gasteiger partial charge on any atom is -0.455 e. The number of nitrogens with zero attached hydrogens (tertiary/aromatic N) is 1. The summed E-state index contributed by atoms with van der Waals surface area (Å²) in [5, 5.41) is 14.1. The zero-order valence-corrected chi connectivity index (χ0v) is 17.3. The number of anilines is 2. The van der Waals surface area contributed by atoms with Crippen LogP contribution in [0.1, 0.15) is 5.56 Å². The summed E-state index contributed by atoms with van der Waals surface area (Å²) in [7, 11) is -3.73. The van der Waals surface area contributed by atoms with Crippen molar-refractivity contribution in [1.29, 1.82) is 0 Å². The van der Waals surface area contributed by atoms with Gasteiger partial charge in [-0.25, -0.2) is 8.42 Å². The molecule has 31 heavy (non-hydrogen) atoms. The lowest BCUT2D eigenvalue weighted by Crippen LogP contribution is -2.16. The number of rotatable bonds is 8. The van der Waals surface area contributed by atoms with Crippen LogP contribution in [0, 0.1) is 10.1 Å². The Kier molecular flexibility index (Phi) is 6.51. The van der Waals surface area contributed by atoms with Crippen LogP contribution in [0.3, 0.4) is 0 Å². The first-order valence-corrected chi connectivity index (χ1v) is 11.0. The number of nitro groups is 1. The van der Waals surface area contributed by atoms with Crippen molar-refractivity contribution in [2.45, 2.75) is 6.42 Å². The Bertz CT molecular complexity index is 1200. The summed E-state index contributed by atoms with van der Waals surface area (Å²) in [5.41, 5.74) is 0.0806. The third-order valence-corrected chi connectivity index (χ3v) is 4.63. The Morgan fingerprint density at radius 2 is 1.61 bits per heavy atom. The van der Waals surface area contributed by atoms with E-state index in [9.17, 15) is 23.3 Å². The van der Waals surface area contributed by atoms with Crippen LogP contribution in [-0.2, 0) is 21.2 Å². The lowest BCUT2D eigenvalue weighted by Gasteiger charge is -2.15. The molecular weight excluding hydrogens is 422 g/mol. The second kappa shape index (κ2) is 9.26. The van der Waals surface area contributed by atoms with Crippen molar-refractivity contribution in [2.75, 3.05) is 16.3 Å². The van der Waals surface area contributed by atoms with Gasteiger partial charge >= 0.3 is 0 Å². The van der Waals surface area contributed by atoms with Gasteiger partial charge in [-0.2, -0.15) is 0 Å². The summed E-state index contributed by atoms with van der Waals surface area (Å²) < 4.78 is 31.6. The minimum absolute atomic E-state index is 0.00486. The molecule has 3 aromatic rings. The van der Waals surface area contributed by atoms with E-state index in [1.807, 2.05) is 0 Å². The normalized spacial score (nSPS) is 10.9. The molecule has 9 nitrogen and oxygen atoms in total. The number of carbonyl (C=O) groups is 1. The first kappa shape index (κ1) is 21.8. The van der Waals surface area contributed by atoms with E-state index in [1.165, 1.54) is 6.07 Å². The number of carbonyl (C=O) groups excluding carboxylic acids is 1. The number of amides is 1. The van der Waals surface area contributed by atoms with Gasteiger partial charge in [-0.1, -0.05) is 48.5 Å². The Labute approximate surface area is 178 Å². The fraction of sp³-hybridized carbons (Fsp3) is 0.0952. The van der Waals surface area contributed by atoms with E-state index in [2.05, 4.69) is 10.0 Å². The zero-order chi connectivity index (χ0) is 22.4. The van der Waals surface area contributed by atoms with Crippen LogP contribution >= 0.6 is 0 Å².